The van der Waals surface area contributed by atoms with Crippen LogP contribution in [0.1, 0.15) is 20.8 Å². The molecule has 4 rings (SSSR count). The number of rotatable bonds is 6. The number of carbonyl (C=O) groups excluding carboxylic acids is 3. The summed E-state index contributed by atoms with van der Waals surface area (Å²) in [5.74, 6) is -0.927. The summed E-state index contributed by atoms with van der Waals surface area (Å²) in [6.07, 6.45) is 0.756. The predicted octanol–water partition coefficient (Wildman–Crippen LogP) is 1.62. The van der Waals surface area contributed by atoms with Crippen LogP contribution in [-0.4, -0.2) is 66.0 Å². The van der Waals surface area contributed by atoms with E-state index >= 15 is 0 Å². The van der Waals surface area contributed by atoms with Crippen LogP contribution in [0.3, 0.4) is 0 Å². The zero-order valence-corrected chi connectivity index (χ0v) is 17.9. The number of hydrogen-bond donors (Lipinski definition) is 2. The summed E-state index contributed by atoms with van der Waals surface area (Å²) in [7, 11) is 1.27. The summed E-state index contributed by atoms with van der Waals surface area (Å²) in [6, 6.07) is 9.44. The van der Waals surface area contributed by atoms with Crippen molar-refractivity contribution in [1.82, 2.24) is 9.80 Å². The highest BCUT2D eigenvalue weighted by Crippen LogP contribution is 2.27. The fraction of sp³-hybridized carbons (Fsp3) is 0.318. The van der Waals surface area contributed by atoms with Crippen molar-refractivity contribution in [3.63, 3.8) is 0 Å². The van der Waals surface area contributed by atoms with Crippen molar-refractivity contribution in [2.75, 3.05) is 38.7 Å². The highest BCUT2D eigenvalue weighted by atomic mass is 32.1. The van der Waals surface area contributed by atoms with Gasteiger partial charge in [0, 0.05) is 25.3 Å². The maximum atomic E-state index is 12.7. The molecule has 0 saturated heterocycles. The van der Waals surface area contributed by atoms with Crippen LogP contribution in [0.4, 0.5) is 5.69 Å². The van der Waals surface area contributed by atoms with E-state index in [1.807, 2.05) is 40.6 Å². The summed E-state index contributed by atoms with van der Waals surface area (Å²) in [4.78, 5) is 41.5. The van der Waals surface area contributed by atoms with Crippen LogP contribution in [0, 0.1) is 0 Å². The zero-order valence-electron chi connectivity index (χ0n) is 17.1. The smallest absolute Gasteiger partial charge is 0.337 e. The standard InChI is InChI=1S/C22H23N3O5S/c1-30-22(29)17-13-25(8-9-26)21(28)19(17)23-16-5-4-14-6-7-24(12-15(14)11-16)20(27)18-3-2-10-31-18/h2-5,10-11,23,26H,6-9,12-13H2,1H3. The van der Waals surface area contributed by atoms with E-state index in [1.165, 1.54) is 23.3 Å². The normalized spacial score (nSPS) is 15.9. The van der Waals surface area contributed by atoms with Gasteiger partial charge in [0.05, 0.1) is 30.7 Å². The van der Waals surface area contributed by atoms with Gasteiger partial charge in [0.25, 0.3) is 11.8 Å². The van der Waals surface area contributed by atoms with Crippen molar-refractivity contribution < 1.29 is 24.2 Å². The van der Waals surface area contributed by atoms with Gasteiger partial charge in [-0.05, 0) is 41.1 Å². The Morgan fingerprint density at radius 1 is 1.23 bits per heavy atom. The first-order valence-electron chi connectivity index (χ1n) is 9.95. The Morgan fingerprint density at radius 3 is 2.77 bits per heavy atom. The average molecular weight is 442 g/mol. The second kappa shape index (κ2) is 8.91. The van der Waals surface area contributed by atoms with Gasteiger partial charge in [0.1, 0.15) is 5.70 Å². The summed E-state index contributed by atoms with van der Waals surface area (Å²) < 4.78 is 4.82. The number of ether oxygens (including phenoxy) is 1. The molecule has 0 aliphatic carbocycles. The lowest BCUT2D eigenvalue weighted by molar-refractivity contribution is -0.136. The molecule has 2 aliphatic rings. The van der Waals surface area contributed by atoms with Crippen LogP contribution >= 0.6 is 11.3 Å². The van der Waals surface area contributed by atoms with Crippen LogP contribution < -0.4 is 5.32 Å². The molecule has 0 unspecified atom stereocenters. The third-order valence-corrected chi connectivity index (χ3v) is 6.32. The van der Waals surface area contributed by atoms with E-state index in [9.17, 15) is 19.5 Å². The largest absolute Gasteiger partial charge is 0.466 e. The predicted molar refractivity (Wildman–Crippen MR) is 116 cm³/mol. The number of aliphatic hydroxyl groups excluding tert-OH is 1. The van der Waals surface area contributed by atoms with Crippen LogP contribution in [0.5, 0.6) is 0 Å². The molecule has 1 aromatic carbocycles. The Labute approximate surface area is 183 Å². The molecule has 0 bridgehead atoms. The number of amides is 2. The van der Waals surface area contributed by atoms with E-state index in [2.05, 4.69) is 5.32 Å². The molecule has 9 heteroatoms. The molecule has 2 aromatic rings. The van der Waals surface area contributed by atoms with Crippen LogP contribution in [0.15, 0.2) is 47.0 Å². The Hall–Kier alpha value is -3.17. The lowest BCUT2D eigenvalue weighted by Gasteiger charge is -2.29. The Morgan fingerprint density at radius 2 is 2.06 bits per heavy atom. The number of esters is 1. The number of anilines is 1. The van der Waals surface area contributed by atoms with Gasteiger partial charge in [-0.2, -0.15) is 0 Å². The summed E-state index contributed by atoms with van der Waals surface area (Å²) in [5, 5.41) is 14.2. The topological polar surface area (TPSA) is 99.2 Å². The maximum Gasteiger partial charge on any atom is 0.337 e. The minimum absolute atomic E-state index is 0.0142. The summed E-state index contributed by atoms with van der Waals surface area (Å²) in [6.45, 7) is 1.16. The summed E-state index contributed by atoms with van der Waals surface area (Å²) >= 11 is 1.43. The van der Waals surface area contributed by atoms with E-state index in [-0.39, 0.29) is 42.8 Å². The lowest BCUT2D eigenvalue weighted by Crippen LogP contribution is -2.35. The number of aliphatic hydroxyl groups is 1. The fourth-order valence-corrected chi connectivity index (χ4v) is 4.55. The third kappa shape index (κ3) is 4.19. The quantitative estimate of drug-likeness (QED) is 0.661. The Kier molecular flexibility index (Phi) is 6.06. The lowest BCUT2D eigenvalue weighted by atomic mass is 9.98. The van der Waals surface area contributed by atoms with E-state index in [4.69, 9.17) is 4.74 Å². The molecule has 8 nitrogen and oxygen atoms in total. The number of carbonyl (C=O) groups is 3. The SMILES string of the molecule is COC(=O)C1=C(Nc2ccc3c(c2)CN(C(=O)c2cccs2)CC3)C(=O)N(CCO)C1. The number of methoxy groups -OCH3 is 1. The van der Waals surface area contributed by atoms with E-state index in [0.717, 1.165) is 17.5 Å². The highest BCUT2D eigenvalue weighted by Gasteiger charge is 2.34. The van der Waals surface area contributed by atoms with Gasteiger partial charge >= 0.3 is 5.97 Å². The molecule has 2 N–H and O–H groups in total. The monoisotopic (exact) mass is 441 g/mol. The Bertz CT molecular complexity index is 1050. The molecule has 0 spiro atoms. The minimum atomic E-state index is -0.582. The van der Waals surface area contributed by atoms with Crippen molar-refractivity contribution in [2.45, 2.75) is 13.0 Å². The number of nitrogens with one attached hydrogen (secondary N) is 1. The van der Waals surface area contributed by atoms with Crippen molar-refractivity contribution in [3.05, 3.63) is 63.0 Å². The molecule has 3 heterocycles. The van der Waals surface area contributed by atoms with E-state index < -0.39 is 5.97 Å². The van der Waals surface area contributed by atoms with Gasteiger partial charge in [-0.1, -0.05) is 12.1 Å². The number of β-amino-alcohol motifs (C(OH)–C–C–N with tert-alkyl or cyclic N) is 1. The Balaban J connectivity index is 1.56. The molecule has 162 valence electrons. The van der Waals surface area contributed by atoms with Gasteiger partial charge in [-0.3, -0.25) is 9.59 Å². The fourth-order valence-electron chi connectivity index (χ4n) is 3.86. The second-order valence-electron chi connectivity index (χ2n) is 7.36. The molecule has 2 aliphatic heterocycles. The first-order valence-corrected chi connectivity index (χ1v) is 10.8. The minimum Gasteiger partial charge on any atom is -0.466 e. The van der Waals surface area contributed by atoms with Crippen molar-refractivity contribution in [3.8, 4) is 0 Å². The number of benzene rings is 1. The molecule has 31 heavy (non-hydrogen) atoms. The number of fused-ring (bicyclic) bond motifs is 1. The zero-order chi connectivity index (χ0) is 22.0. The number of nitrogens with zero attached hydrogens (tertiary/aromatic N) is 2. The molecule has 0 fully saturated rings. The number of hydrogen-bond acceptors (Lipinski definition) is 7. The van der Waals surface area contributed by atoms with Crippen molar-refractivity contribution in [2.24, 2.45) is 0 Å². The van der Waals surface area contributed by atoms with Gasteiger partial charge < -0.3 is 25.0 Å². The van der Waals surface area contributed by atoms with Crippen LogP contribution in [0.2, 0.25) is 0 Å². The van der Waals surface area contributed by atoms with Gasteiger partial charge in [0.15, 0.2) is 0 Å². The molecular formula is C22H23N3O5S. The van der Waals surface area contributed by atoms with Gasteiger partial charge in [-0.25, -0.2) is 4.79 Å². The molecule has 0 atom stereocenters. The summed E-state index contributed by atoms with van der Waals surface area (Å²) in [5.41, 5.74) is 3.19. The van der Waals surface area contributed by atoms with Crippen LogP contribution in [-0.2, 0) is 27.3 Å². The van der Waals surface area contributed by atoms with Crippen molar-refractivity contribution >= 4 is 34.8 Å². The number of thiophene rings is 1. The third-order valence-electron chi connectivity index (χ3n) is 5.46. The average Bonchev–Trinajstić information content (AvgIpc) is 3.42. The molecule has 2 amide bonds. The highest BCUT2D eigenvalue weighted by molar-refractivity contribution is 7.12. The molecule has 1 aromatic heterocycles. The maximum absolute atomic E-state index is 12.7. The first-order chi connectivity index (χ1) is 15.0. The van der Waals surface area contributed by atoms with Gasteiger partial charge in [0.2, 0.25) is 0 Å². The molecular weight excluding hydrogens is 418 g/mol. The molecule has 0 saturated carbocycles. The first kappa shape index (κ1) is 21.1. The van der Waals surface area contributed by atoms with Gasteiger partial charge in [-0.15, -0.1) is 11.3 Å². The molecule has 0 radical (unpaired) electrons. The van der Waals surface area contributed by atoms with E-state index in [0.29, 0.717) is 23.7 Å². The van der Waals surface area contributed by atoms with Crippen LogP contribution in [0.25, 0.3) is 0 Å². The van der Waals surface area contributed by atoms with Crippen molar-refractivity contribution in [1.29, 1.82) is 0 Å². The van der Waals surface area contributed by atoms with E-state index in [1.54, 1.807) is 0 Å². The second-order valence-corrected chi connectivity index (χ2v) is 8.31.